The van der Waals surface area contributed by atoms with E-state index < -0.39 is 30.7 Å². The van der Waals surface area contributed by atoms with Crippen LogP contribution in [0.25, 0.3) is 22.9 Å². The zero-order valence-corrected chi connectivity index (χ0v) is 44.9. The number of amides is 2. The number of esters is 1. The Balaban J connectivity index is 0.000000192. The molecular formula is C63H64N4O12. The van der Waals surface area contributed by atoms with Gasteiger partial charge in [0.15, 0.2) is 0 Å². The maximum absolute atomic E-state index is 12.9. The number of hydrogen-bond acceptors (Lipinski definition) is 13. The standard InChI is InChI=1S/C32H32N2O6.C31H32N2O6/c1-21-29(33-31(39-21)24-7-5-4-6-8-24)18-25-17-28(25)23-11-9-22(10-12-23)19-34(20-30(35)38-3)32(36)40-27-15-13-26(37-2)14-16-27;1-20-28(32-30(38-20)23-6-4-3-5-7-23)17-24-16-27(24)22-10-8-21(9-11-22)18-33(19-29(34)35)31(36)39-26-14-12-25(37-2)13-15-26/h4-16,25,28H,17-20H2,1-3H3;3-12,14-15,24-25,27H,13,16-19H2,1-2H3,(H,34,35). The van der Waals surface area contributed by atoms with Crippen molar-refractivity contribution in [3.8, 4) is 34.4 Å². The number of benzene rings is 5. The molecule has 7 aromatic rings. The molecule has 0 saturated heterocycles. The van der Waals surface area contributed by atoms with Crippen LogP contribution in [-0.2, 0) is 49.7 Å². The molecule has 2 heterocycles. The number of carboxylic acid groups (broad SMARTS) is 1. The van der Waals surface area contributed by atoms with Crippen LogP contribution in [-0.4, -0.2) is 89.5 Å². The summed E-state index contributed by atoms with van der Waals surface area (Å²) in [5, 5.41) is 9.34. The largest absolute Gasteiger partial charge is 0.497 e. The fourth-order valence-electron chi connectivity index (χ4n) is 9.64. The Kier molecular flexibility index (Phi) is 17.8. The first kappa shape index (κ1) is 55.0. The highest BCUT2D eigenvalue weighted by Gasteiger charge is 2.40. The topological polar surface area (TPSA) is 193 Å². The van der Waals surface area contributed by atoms with Crippen LogP contribution >= 0.6 is 0 Å². The number of aliphatic carboxylic acids is 1. The number of ether oxygens (including phenoxy) is 5. The smallest absolute Gasteiger partial charge is 0.416 e. The van der Waals surface area contributed by atoms with Crippen LogP contribution in [0.1, 0.15) is 76.3 Å². The Hall–Kier alpha value is -8.76. The van der Waals surface area contributed by atoms with Gasteiger partial charge in [0.2, 0.25) is 11.8 Å². The third kappa shape index (κ3) is 14.8. The molecule has 0 aliphatic heterocycles. The second-order valence-electron chi connectivity index (χ2n) is 19.9. The van der Waals surface area contributed by atoms with E-state index in [0.717, 1.165) is 70.8 Å². The molecule has 2 fully saturated rings. The van der Waals surface area contributed by atoms with Crippen molar-refractivity contribution in [2.45, 2.75) is 77.0 Å². The van der Waals surface area contributed by atoms with Crippen LogP contribution in [0, 0.1) is 25.7 Å². The minimum Gasteiger partial charge on any atom is -0.497 e. The molecule has 408 valence electrons. The number of hydrogen-bond donors (Lipinski definition) is 1. The highest BCUT2D eigenvalue weighted by atomic mass is 16.6. The van der Waals surface area contributed by atoms with E-state index in [2.05, 4.69) is 24.3 Å². The van der Waals surface area contributed by atoms with E-state index in [1.54, 1.807) is 56.7 Å². The molecule has 5 atom stereocenters. The summed E-state index contributed by atoms with van der Waals surface area (Å²) in [6, 6.07) is 42.7. The van der Waals surface area contributed by atoms with Crippen LogP contribution in [0.3, 0.4) is 0 Å². The number of methoxy groups -OCH3 is 3. The number of aromatic nitrogens is 2. The number of aryl methyl sites for hydroxylation is 2. The minimum absolute atomic E-state index is 0.0566. The van der Waals surface area contributed by atoms with Gasteiger partial charge in [-0.1, -0.05) is 91.0 Å². The van der Waals surface area contributed by atoms with Crippen molar-refractivity contribution in [1.82, 2.24) is 19.8 Å². The summed E-state index contributed by atoms with van der Waals surface area (Å²) in [5.41, 5.74) is 8.16. The first-order valence-electron chi connectivity index (χ1n) is 26.3. The van der Waals surface area contributed by atoms with Gasteiger partial charge in [0.1, 0.15) is 41.9 Å². The van der Waals surface area contributed by atoms with Crippen molar-refractivity contribution in [1.29, 1.82) is 0 Å². The van der Waals surface area contributed by atoms with Crippen LogP contribution in [0.15, 0.2) is 166 Å². The average molecular weight is 1070 g/mol. The van der Waals surface area contributed by atoms with Crippen molar-refractivity contribution in [3.63, 3.8) is 0 Å². The zero-order chi connectivity index (χ0) is 55.4. The molecular weight excluding hydrogens is 1000 g/mol. The number of oxazole rings is 2. The molecule has 5 unspecified atom stereocenters. The van der Waals surface area contributed by atoms with E-state index in [9.17, 15) is 24.3 Å². The lowest BCUT2D eigenvalue weighted by atomic mass is 10.0. The van der Waals surface area contributed by atoms with Gasteiger partial charge in [-0.05, 0) is 153 Å². The summed E-state index contributed by atoms with van der Waals surface area (Å²) in [6.07, 6.45) is 8.33. The van der Waals surface area contributed by atoms with E-state index >= 15 is 0 Å². The Bertz CT molecular complexity index is 3260. The van der Waals surface area contributed by atoms with Crippen LogP contribution in [0.2, 0.25) is 0 Å². The highest BCUT2D eigenvalue weighted by molar-refractivity contribution is 5.79. The number of allylic oxidation sites excluding steroid dienone is 1. The molecule has 0 spiro atoms. The molecule has 0 bridgehead atoms. The fourth-order valence-corrected chi connectivity index (χ4v) is 9.64. The lowest BCUT2D eigenvalue weighted by Gasteiger charge is -2.22. The molecule has 2 aromatic heterocycles. The Morgan fingerprint density at radius 1 is 0.608 bits per heavy atom. The van der Waals surface area contributed by atoms with Gasteiger partial charge in [-0.2, -0.15) is 0 Å². The zero-order valence-electron chi connectivity index (χ0n) is 44.9. The molecule has 3 aliphatic carbocycles. The van der Waals surface area contributed by atoms with Crippen molar-refractivity contribution in [2.75, 3.05) is 34.4 Å². The van der Waals surface area contributed by atoms with E-state index in [0.29, 0.717) is 59.1 Å². The Morgan fingerprint density at radius 2 is 1.09 bits per heavy atom. The molecule has 5 aromatic carbocycles. The van der Waals surface area contributed by atoms with Crippen molar-refractivity contribution < 1.29 is 56.8 Å². The first-order chi connectivity index (χ1) is 38.3. The first-order valence-corrected chi connectivity index (χ1v) is 26.3. The summed E-state index contributed by atoms with van der Waals surface area (Å²) >= 11 is 0. The van der Waals surface area contributed by atoms with Crippen LogP contribution in [0.5, 0.6) is 11.5 Å². The SMILES string of the molecule is COC(=O)CN(Cc1ccc(C2CC2Cc2nc(-c3ccccc3)oc2C)cc1)C(=O)Oc1ccc(OC)cc1.COC1C=CC(OC(=O)N(CC(=O)O)Cc2ccc(C3CC3Cc3nc(-c4ccccc4)oc3C)cc2)=CC1. The lowest BCUT2D eigenvalue weighted by Crippen LogP contribution is -2.37. The lowest BCUT2D eigenvalue weighted by molar-refractivity contribution is -0.141. The summed E-state index contributed by atoms with van der Waals surface area (Å²) < 4.78 is 37.9. The molecule has 3 aliphatic rings. The molecule has 79 heavy (non-hydrogen) atoms. The van der Waals surface area contributed by atoms with Gasteiger partial charge in [-0.15, -0.1) is 0 Å². The van der Waals surface area contributed by atoms with Gasteiger partial charge < -0.3 is 37.6 Å². The maximum Gasteiger partial charge on any atom is 0.416 e. The number of rotatable bonds is 20. The molecule has 2 saturated carbocycles. The van der Waals surface area contributed by atoms with Crippen molar-refractivity contribution >= 4 is 24.1 Å². The predicted octanol–water partition coefficient (Wildman–Crippen LogP) is 12.1. The molecule has 16 nitrogen and oxygen atoms in total. The third-order valence-electron chi connectivity index (χ3n) is 14.3. The fraction of sp³-hybridized carbons (Fsp3) is 0.302. The number of carbonyl (C=O) groups is 4. The highest BCUT2D eigenvalue weighted by Crippen LogP contribution is 2.50. The number of carbonyl (C=O) groups excluding carboxylic acids is 3. The van der Waals surface area contributed by atoms with E-state index in [1.807, 2.05) is 98.8 Å². The summed E-state index contributed by atoms with van der Waals surface area (Å²) in [6.45, 7) is 3.61. The molecule has 10 rings (SSSR count). The molecule has 0 radical (unpaired) electrons. The van der Waals surface area contributed by atoms with Gasteiger partial charge in [0, 0.05) is 31.3 Å². The van der Waals surface area contributed by atoms with Gasteiger partial charge >= 0.3 is 24.1 Å². The van der Waals surface area contributed by atoms with Gasteiger partial charge in [0.25, 0.3) is 0 Å². The quantitative estimate of drug-likeness (QED) is 0.0709. The normalized spacial score (nSPS) is 17.8. The van der Waals surface area contributed by atoms with Crippen molar-refractivity contribution in [2.24, 2.45) is 11.8 Å². The average Bonchev–Trinajstić information content (AvgIpc) is 4.36. The van der Waals surface area contributed by atoms with E-state index in [1.165, 1.54) is 28.0 Å². The third-order valence-corrected chi connectivity index (χ3v) is 14.3. The van der Waals surface area contributed by atoms with Crippen molar-refractivity contribution in [3.05, 3.63) is 203 Å². The monoisotopic (exact) mass is 1070 g/mol. The predicted molar refractivity (Wildman–Crippen MR) is 294 cm³/mol. The number of carboxylic acids is 1. The van der Waals surface area contributed by atoms with E-state index in [4.69, 9.17) is 42.5 Å². The molecule has 2 amide bonds. The second kappa shape index (κ2) is 25.6. The van der Waals surface area contributed by atoms with E-state index in [-0.39, 0.29) is 25.7 Å². The van der Waals surface area contributed by atoms with Crippen LogP contribution < -0.4 is 9.47 Å². The Morgan fingerprint density at radius 3 is 1.53 bits per heavy atom. The Labute approximate surface area is 459 Å². The maximum atomic E-state index is 12.9. The molecule has 1 N–H and O–H groups in total. The second-order valence-corrected chi connectivity index (χ2v) is 19.9. The minimum atomic E-state index is -1.10. The van der Waals surface area contributed by atoms with Gasteiger partial charge in [-0.25, -0.2) is 19.6 Å². The molecule has 16 heteroatoms. The van der Waals surface area contributed by atoms with Gasteiger partial charge in [0.05, 0.1) is 31.7 Å². The summed E-state index contributed by atoms with van der Waals surface area (Å²) in [5.74, 6) is 4.71. The number of nitrogens with zero attached hydrogens (tertiary/aromatic N) is 4. The van der Waals surface area contributed by atoms with Gasteiger partial charge in [-0.3, -0.25) is 19.4 Å². The van der Waals surface area contributed by atoms with Crippen LogP contribution in [0.4, 0.5) is 9.59 Å². The summed E-state index contributed by atoms with van der Waals surface area (Å²) in [4.78, 5) is 61.1. The summed E-state index contributed by atoms with van der Waals surface area (Å²) in [7, 11) is 4.47.